The van der Waals surface area contributed by atoms with E-state index in [-0.39, 0.29) is 29.9 Å². The second-order valence-corrected chi connectivity index (χ2v) is 7.08. The first-order chi connectivity index (χ1) is 14.6. The maximum Gasteiger partial charge on any atom is 0.312 e. The summed E-state index contributed by atoms with van der Waals surface area (Å²) in [6.45, 7) is 0. The third-order valence-corrected chi connectivity index (χ3v) is 5.28. The molecule has 3 aromatic rings. The van der Waals surface area contributed by atoms with Crippen LogP contribution < -0.4 is 14.2 Å². The lowest BCUT2D eigenvalue weighted by molar-refractivity contribution is -0.135. The molecule has 30 heavy (non-hydrogen) atoms. The molecule has 0 spiro atoms. The minimum Gasteiger partial charge on any atom is -0.497 e. The van der Waals surface area contributed by atoms with E-state index in [1.54, 1.807) is 37.7 Å². The van der Waals surface area contributed by atoms with Crippen LogP contribution in [0.1, 0.15) is 39.4 Å². The number of hydrogen-bond acceptors (Lipinski definition) is 6. The Morgan fingerprint density at radius 3 is 2.63 bits per heavy atom. The van der Waals surface area contributed by atoms with Gasteiger partial charge in [0.2, 0.25) is 5.78 Å². The molecule has 0 saturated carbocycles. The number of esters is 1. The number of aromatic nitrogens is 1. The molecule has 6 nitrogen and oxygen atoms in total. The van der Waals surface area contributed by atoms with E-state index in [0.717, 1.165) is 16.9 Å². The quantitative estimate of drug-likeness (QED) is 0.374. The van der Waals surface area contributed by atoms with Crippen LogP contribution >= 0.6 is 0 Å². The molecule has 6 heteroatoms. The van der Waals surface area contributed by atoms with Crippen molar-refractivity contribution in [1.29, 1.82) is 0 Å². The Morgan fingerprint density at radius 2 is 1.90 bits per heavy atom. The van der Waals surface area contributed by atoms with Crippen LogP contribution in [0.5, 0.6) is 17.2 Å². The number of carbonyl (C=O) groups is 2. The monoisotopic (exact) mass is 399 g/mol. The van der Waals surface area contributed by atoms with Crippen LogP contribution in [0.4, 0.5) is 0 Å². The minimum atomic E-state index is -0.324. The second-order valence-electron chi connectivity index (χ2n) is 7.08. The molecule has 0 saturated heterocycles. The van der Waals surface area contributed by atoms with Gasteiger partial charge >= 0.3 is 5.97 Å². The van der Waals surface area contributed by atoms with Crippen molar-refractivity contribution in [3.05, 3.63) is 88.9 Å². The zero-order chi connectivity index (χ0) is 20.7. The van der Waals surface area contributed by atoms with Crippen molar-refractivity contribution in [3.8, 4) is 17.2 Å². The van der Waals surface area contributed by atoms with Crippen molar-refractivity contribution in [3.63, 3.8) is 0 Å². The van der Waals surface area contributed by atoms with Gasteiger partial charge in [-0.05, 0) is 47.5 Å². The van der Waals surface area contributed by atoms with Gasteiger partial charge < -0.3 is 14.2 Å². The first-order valence-corrected chi connectivity index (χ1v) is 9.50. The molecule has 1 atom stereocenters. The van der Waals surface area contributed by atoms with Crippen LogP contribution in [0.3, 0.4) is 0 Å². The SMILES string of the molecule is COc1ccc(/C=C2\Oc3c(ccc4c3[C@@H](c3cccnc3)CC(=O)O4)C2=O)cc1. The molecule has 148 valence electrons. The van der Waals surface area contributed by atoms with Crippen LogP contribution in [0, 0.1) is 0 Å². The Kier molecular flexibility index (Phi) is 4.32. The molecule has 0 bridgehead atoms. The fourth-order valence-electron chi connectivity index (χ4n) is 3.82. The van der Waals surface area contributed by atoms with Crippen LogP contribution in [0.15, 0.2) is 66.7 Å². The predicted octanol–water partition coefficient (Wildman–Crippen LogP) is 4.15. The van der Waals surface area contributed by atoms with Gasteiger partial charge in [-0.15, -0.1) is 0 Å². The van der Waals surface area contributed by atoms with Crippen LogP contribution in [0.2, 0.25) is 0 Å². The lowest BCUT2D eigenvalue weighted by Crippen LogP contribution is -2.21. The molecule has 2 aliphatic heterocycles. The van der Waals surface area contributed by atoms with Crippen molar-refractivity contribution >= 4 is 17.8 Å². The Hall–Kier alpha value is -3.93. The Bertz CT molecular complexity index is 1180. The molecule has 2 aromatic carbocycles. The van der Waals surface area contributed by atoms with Crippen LogP contribution in [0.25, 0.3) is 6.08 Å². The van der Waals surface area contributed by atoms with Gasteiger partial charge in [0.05, 0.1) is 19.1 Å². The Morgan fingerprint density at radius 1 is 1.07 bits per heavy atom. The number of hydrogen-bond donors (Lipinski definition) is 0. The molecule has 0 fully saturated rings. The van der Waals surface area contributed by atoms with Crippen molar-refractivity contribution < 1.29 is 23.8 Å². The maximum absolute atomic E-state index is 13.0. The van der Waals surface area contributed by atoms with Crippen molar-refractivity contribution in [1.82, 2.24) is 4.98 Å². The summed E-state index contributed by atoms with van der Waals surface area (Å²) in [5, 5.41) is 0. The third-order valence-electron chi connectivity index (χ3n) is 5.28. The number of benzene rings is 2. The highest BCUT2D eigenvalue weighted by Gasteiger charge is 2.38. The average molecular weight is 399 g/mol. The molecule has 5 rings (SSSR count). The number of ether oxygens (including phenoxy) is 3. The van der Waals surface area contributed by atoms with Gasteiger partial charge in [0, 0.05) is 23.9 Å². The van der Waals surface area contributed by atoms with E-state index >= 15 is 0 Å². The van der Waals surface area contributed by atoms with E-state index in [4.69, 9.17) is 14.2 Å². The maximum atomic E-state index is 13.0. The summed E-state index contributed by atoms with van der Waals surface area (Å²) >= 11 is 0. The zero-order valence-corrected chi connectivity index (χ0v) is 16.1. The van der Waals surface area contributed by atoms with Gasteiger partial charge in [0.15, 0.2) is 5.76 Å². The fraction of sp³-hybridized carbons (Fsp3) is 0.125. The van der Waals surface area contributed by atoms with Gasteiger partial charge in [-0.3, -0.25) is 14.6 Å². The topological polar surface area (TPSA) is 74.7 Å². The number of ketones is 1. The van der Waals surface area contributed by atoms with E-state index in [9.17, 15) is 9.59 Å². The lowest BCUT2D eigenvalue weighted by Gasteiger charge is -2.26. The molecule has 0 amide bonds. The molecule has 1 aromatic heterocycles. The fourth-order valence-corrected chi connectivity index (χ4v) is 3.82. The molecule has 0 aliphatic carbocycles. The summed E-state index contributed by atoms with van der Waals surface area (Å²) < 4.78 is 16.6. The number of fused-ring (bicyclic) bond motifs is 3. The first-order valence-electron chi connectivity index (χ1n) is 9.50. The molecular weight excluding hydrogens is 382 g/mol. The molecule has 2 aliphatic rings. The predicted molar refractivity (Wildman–Crippen MR) is 109 cm³/mol. The summed E-state index contributed by atoms with van der Waals surface area (Å²) in [6, 6.07) is 14.4. The molecule has 0 unspecified atom stereocenters. The lowest BCUT2D eigenvalue weighted by atomic mass is 9.85. The summed E-state index contributed by atoms with van der Waals surface area (Å²) in [4.78, 5) is 29.3. The number of nitrogens with zero attached hydrogens (tertiary/aromatic N) is 1. The van der Waals surface area contributed by atoms with E-state index in [2.05, 4.69) is 4.98 Å². The van der Waals surface area contributed by atoms with E-state index < -0.39 is 0 Å². The number of rotatable bonds is 3. The van der Waals surface area contributed by atoms with E-state index in [1.807, 2.05) is 36.4 Å². The number of methoxy groups -OCH3 is 1. The van der Waals surface area contributed by atoms with Gasteiger partial charge in [0.1, 0.15) is 17.2 Å². The standard InChI is InChI=1S/C24H17NO5/c1-28-16-6-4-14(5-7-16)11-20-23(27)17-8-9-19-22(24(17)30-20)18(12-21(26)29-19)15-3-2-10-25-13-15/h2-11,13,18H,12H2,1H3/b20-11-/t18-/m1/s1. The van der Waals surface area contributed by atoms with Gasteiger partial charge in [0.25, 0.3) is 0 Å². The highest BCUT2D eigenvalue weighted by atomic mass is 16.5. The number of carbonyl (C=O) groups excluding carboxylic acids is 2. The molecule has 3 heterocycles. The Balaban J connectivity index is 1.58. The van der Waals surface area contributed by atoms with E-state index in [1.165, 1.54) is 0 Å². The largest absolute Gasteiger partial charge is 0.497 e. The van der Waals surface area contributed by atoms with Gasteiger partial charge in [-0.25, -0.2) is 0 Å². The number of pyridine rings is 1. The summed E-state index contributed by atoms with van der Waals surface area (Å²) in [5.41, 5.74) is 2.84. The number of allylic oxidation sites excluding steroid dienone is 1. The Labute approximate surface area is 172 Å². The van der Waals surface area contributed by atoms with Crippen molar-refractivity contribution in [2.45, 2.75) is 12.3 Å². The molecule has 0 N–H and O–H groups in total. The molecule has 0 radical (unpaired) electrons. The first kappa shape index (κ1) is 18.1. The molecular formula is C24H17NO5. The number of Topliss-reactive ketones (excluding diaryl/α,β-unsaturated/α-hetero) is 1. The van der Waals surface area contributed by atoms with Crippen molar-refractivity contribution in [2.75, 3.05) is 7.11 Å². The summed E-state index contributed by atoms with van der Waals surface area (Å²) in [5.74, 6) is 0.994. The van der Waals surface area contributed by atoms with Gasteiger partial charge in [-0.2, -0.15) is 0 Å². The average Bonchev–Trinajstić information content (AvgIpc) is 3.09. The summed E-state index contributed by atoms with van der Waals surface area (Å²) in [7, 11) is 1.60. The second kappa shape index (κ2) is 7.15. The third kappa shape index (κ3) is 3.03. The normalized spacial score (nSPS) is 18.4. The summed E-state index contributed by atoms with van der Waals surface area (Å²) in [6.07, 6.45) is 5.25. The van der Waals surface area contributed by atoms with E-state index in [0.29, 0.717) is 22.6 Å². The minimum absolute atomic E-state index is 0.157. The highest BCUT2D eigenvalue weighted by molar-refractivity contribution is 6.15. The van der Waals surface area contributed by atoms with Crippen molar-refractivity contribution in [2.24, 2.45) is 0 Å². The highest BCUT2D eigenvalue weighted by Crippen LogP contribution is 2.48. The smallest absolute Gasteiger partial charge is 0.312 e. The van der Waals surface area contributed by atoms with Gasteiger partial charge in [-0.1, -0.05) is 18.2 Å². The van der Waals surface area contributed by atoms with Crippen LogP contribution in [-0.4, -0.2) is 23.8 Å². The zero-order valence-electron chi connectivity index (χ0n) is 16.1. The van der Waals surface area contributed by atoms with Crippen LogP contribution in [-0.2, 0) is 4.79 Å².